The number of aromatic nitrogens is 2. The van der Waals surface area contributed by atoms with Crippen LogP contribution in [-0.4, -0.2) is 54.4 Å². The first-order valence-electron chi connectivity index (χ1n) is 6.00. The summed E-state index contributed by atoms with van der Waals surface area (Å²) in [5, 5.41) is 0.224. The molecule has 98 valence electrons. The number of halogens is 1. The minimum atomic E-state index is 0.224. The van der Waals surface area contributed by atoms with Crippen LogP contribution in [0.2, 0.25) is 5.15 Å². The summed E-state index contributed by atoms with van der Waals surface area (Å²) < 4.78 is 0. The summed E-state index contributed by atoms with van der Waals surface area (Å²) in [6, 6.07) is 0.479. The molecule has 18 heavy (non-hydrogen) atoms. The summed E-state index contributed by atoms with van der Waals surface area (Å²) in [4.78, 5) is 23.5. The lowest BCUT2D eigenvalue weighted by Gasteiger charge is -2.37. The molecule has 6 heteroatoms. The van der Waals surface area contributed by atoms with Crippen molar-refractivity contribution in [2.45, 2.75) is 18.9 Å². The molecule has 1 unspecified atom stereocenters. The summed E-state index contributed by atoms with van der Waals surface area (Å²) in [5.74, 6) is 0.650. The van der Waals surface area contributed by atoms with Crippen LogP contribution in [0.4, 0.5) is 5.82 Å². The van der Waals surface area contributed by atoms with Crippen molar-refractivity contribution >= 4 is 23.7 Å². The fourth-order valence-electron chi connectivity index (χ4n) is 2.29. The Morgan fingerprint density at radius 2 is 2.28 bits per heavy atom. The standard InChI is InChI=1S/C12H17ClN4O/c1-16(2)9-4-3-5-17(6-9)12-10(7-18)11(13)14-8-15-12/h7-9H,3-6H2,1-2H3. The van der Waals surface area contributed by atoms with Gasteiger partial charge in [-0.2, -0.15) is 0 Å². The average molecular weight is 269 g/mol. The number of likely N-dealkylation sites (N-methyl/N-ethyl adjacent to an activating group) is 1. The number of carbonyl (C=O) groups is 1. The monoisotopic (exact) mass is 268 g/mol. The summed E-state index contributed by atoms with van der Waals surface area (Å²) in [5.41, 5.74) is 0.388. The van der Waals surface area contributed by atoms with Gasteiger partial charge in [0.1, 0.15) is 17.3 Å². The van der Waals surface area contributed by atoms with E-state index < -0.39 is 0 Å². The van der Waals surface area contributed by atoms with Gasteiger partial charge in [0.25, 0.3) is 0 Å². The van der Waals surface area contributed by atoms with Crippen LogP contribution >= 0.6 is 11.6 Å². The maximum absolute atomic E-state index is 11.1. The molecule has 1 saturated heterocycles. The van der Waals surface area contributed by atoms with Crippen LogP contribution in [0.1, 0.15) is 23.2 Å². The lowest BCUT2D eigenvalue weighted by Crippen LogP contribution is -2.45. The Hall–Kier alpha value is -1.20. The highest BCUT2D eigenvalue weighted by molar-refractivity contribution is 6.32. The van der Waals surface area contributed by atoms with Crippen molar-refractivity contribution in [3.63, 3.8) is 0 Å². The Balaban J connectivity index is 2.26. The first-order valence-corrected chi connectivity index (χ1v) is 6.38. The smallest absolute Gasteiger partial charge is 0.156 e. The highest BCUT2D eigenvalue weighted by Gasteiger charge is 2.24. The molecule has 0 saturated carbocycles. The van der Waals surface area contributed by atoms with Crippen molar-refractivity contribution in [3.05, 3.63) is 17.0 Å². The number of carbonyl (C=O) groups excluding carboxylic acids is 1. The lowest BCUT2D eigenvalue weighted by atomic mass is 10.0. The molecule has 2 heterocycles. The molecule has 1 aromatic heterocycles. The van der Waals surface area contributed by atoms with Gasteiger partial charge in [-0.3, -0.25) is 4.79 Å². The molecule has 0 aliphatic carbocycles. The van der Waals surface area contributed by atoms with E-state index in [-0.39, 0.29) is 5.15 Å². The second-order valence-corrected chi connectivity index (χ2v) is 5.08. The van der Waals surface area contributed by atoms with E-state index in [9.17, 15) is 4.79 Å². The van der Waals surface area contributed by atoms with Gasteiger partial charge in [-0.1, -0.05) is 11.6 Å². The van der Waals surface area contributed by atoms with Crippen molar-refractivity contribution in [1.29, 1.82) is 0 Å². The van der Waals surface area contributed by atoms with Gasteiger partial charge in [0.15, 0.2) is 6.29 Å². The molecule has 1 aliphatic heterocycles. The van der Waals surface area contributed by atoms with Crippen LogP contribution in [0, 0.1) is 0 Å². The fraction of sp³-hybridized carbons (Fsp3) is 0.583. The van der Waals surface area contributed by atoms with Gasteiger partial charge in [-0.15, -0.1) is 0 Å². The van der Waals surface area contributed by atoms with Gasteiger partial charge in [0, 0.05) is 19.1 Å². The van der Waals surface area contributed by atoms with E-state index >= 15 is 0 Å². The van der Waals surface area contributed by atoms with Crippen molar-refractivity contribution < 1.29 is 4.79 Å². The summed E-state index contributed by atoms with van der Waals surface area (Å²) >= 11 is 5.93. The van der Waals surface area contributed by atoms with Crippen LogP contribution in [0.5, 0.6) is 0 Å². The number of hydrogen-bond donors (Lipinski definition) is 0. The molecule has 1 aromatic rings. The van der Waals surface area contributed by atoms with Crippen molar-refractivity contribution in [2.24, 2.45) is 0 Å². The Labute approximate surface area is 112 Å². The largest absolute Gasteiger partial charge is 0.354 e. The van der Waals surface area contributed by atoms with Crippen LogP contribution in [-0.2, 0) is 0 Å². The zero-order valence-corrected chi connectivity index (χ0v) is 11.4. The number of hydrogen-bond acceptors (Lipinski definition) is 5. The van der Waals surface area contributed by atoms with Crippen LogP contribution in [0.15, 0.2) is 6.33 Å². The Morgan fingerprint density at radius 1 is 1.50 bits per heavy atom. The SMILES string of the molecule is CN(C)C1CCCN(c2ncnc(Cl)c2C=O)C1. The Morgan fingerprint density at radius 3 is 2.94 bits per heavy atom. The molecule has 5 nitrogen and oxygen atoms in total. The summed E-state index contributed by atoms with van der Waals surface area (Å²) in [7, 11) is 4.14. The molecule has 2 rings (SSSR count). The van der Waals surface area contributed by atoms with Crippen LogP contribution in [0.25, 0.3) is 0 Å². The lowest BCUT2D eigenvalue weighted by molar-refractivity contribution is 0.112. The van der Waals surface area contributed by atoms with Gasteiger partial charge in [-0.05, 0) is 26.9 Å². The fourth-order valence-corrected chi connectivity index (χ4v) is 2.46. The average Bonchev–Trinajstić information content (AvgIpc) is 2.38. The molecule has 0 spiro atoms. The predicted molar refractivity (Wildman–Crippen MR) is 71.4 cm³/mol. The van der Waals surface area contributed by atoms with Gasteiger partial charge < -0.3 is 9.80 Å². The molecule has 1 atom stereocenters. The number of nitrogens with zero attached hydrogens (tertiary/aromatic N) is 4. The van der Waals surface area contributed by atoms with E-state index in [4.69, 9.17) is 11.6 Å². The Kier molecular flexibility index (Phi) is 4.14. The summed E-state index contributed by atoms with van der Waals surface area (Å²) in [6.45, 7) is 1.76. The van der Waals surface area contributed by atoms with Crippen molar-refractivity contribution in [1.82, 2.24) is 14.9 Å². The molecule has 0 radical (unpaired) electrons. The zero-order chi connectivity index (χ0) is 13.1. The van der Waals surface area contributed by atoms with Crippen molar-refractivity contribution in [2.75, 3.05) is 32.1 Å². The first kappa shape index (κ1) is 13.2. The van der Waals surface area contributed by atoms with Gasteiger partial charge in [0.2, 0.25) is 0 Å². The van der Waals surface area contributed by atoms with Crippen LogP contribution in [0.3, 0.4) is 0 Å². The second-order valence-electron chi connectivity index (χ2n) is 4.73. The minimum Gasteiger partial charge on any atom is -0.354 e. The van der Waals surface area contributed by atoms with E-state index in [1.54, 1.807) is 0 Å². The molecule has 0 aromatic carbocycles. The van der Waals surface area contributed by atoms with E-state index in [1.807, 2.05) is 0 Å². The highest BCUT2D eigenvalue weighted by Crippen LogP contribution is 2.25. The molecule has 0 bridgehead atoms. The molecule has 1 fully saturated rings. The summed E-state index contributed by atoms with van der Waals surface area (Å²) in [6.07, 6.45) is 4.39. The van der Waals surface area contributed by atoms with E-state index in [0.29, 0.717) is 17.4 Å². The maximum atomic E-state index is 11.1. The first-order chi connectivity index (χ1) is 8.63. The van der Waals surface area contributed by atoms with Crippen LogP contribution < -0.4 is 4.90 Å². The second kappa shape index (κ2) is 5.63. The Bertz CT molecular complexity index is 438. The highest BCUT2D eigenvalue weighted by atomic mass is 35.5. The van der Waals surface area contributed by atoms with Gasteiger partial charge in [0.05, 0.1) is 5.56 Å². The van der Waals surface area contributed by atoms with Gasteiger partial charge >= 0.3 is 0 Å². The number of piperidine rings is 1. The third-order valence-electron chi connectivity index (χ3n) is 3.36. The van der Waals surface area contributed by atoms with E-state index in [1.165, 1.54) is 12.7 Å². The zero-order valence-electron chi connectivity index (χ0n) is 10.6. The number of anilines is 1. The molecule has 1 aliphatic rings. The quantitative estimate of drug-likeness (QED) is 0.614. The molecular weight excluding hydrogens is 252 g/mol. The maximum Gasteiger partial charge on any atom is 0.156 e. The number of rotatable bonds is 3. The molecule has 0 amide bonds. The number of aldehydes is 1. The van der Waals surface area contributed by atoms with E-state index in [0.717, 1.165) is 25.8 Å². The predicted octanol–water partition coefficient (Wildman–Crippen LogP) is 1.47. The third-order valence-corrected chi connectivity index (χ3v) is 3.66. The minimum absolute atomic E-state index is 0.224. The molecule has 0 N–H and O–H groups in total. The topological polar surface area (TPSA) is 49.3 Å². The van der Waals surface area contributed by atoms with Crippen molar-refractivity contribution in [3.8, 4) is 0 Å². The molecular formula is C12H17ClN4O. The van der Waals surface area contributed by atoms with Gasteiger partial charge in [-0.25, -0.2) is 9.97 Å². The third kappa shape index (κ3) is 2.62. The normalized spacial score (nSPS) is 20.2. The van der Waals surface area contributed by atoms with E-state index in [2.05, 4.69) is 33.9 Å².